The van der Waals surface area contributed by atoms with E-state index in [1.54, 1.807) is 0 Å². The molecule has 20 heavy (non-hydrogen) atoms. The third kappa shape index (κ3) is 5.06. The van der Waals surface area contributed by atoms with Gasteiger partial charge in [-0.2, -0.15) is 0 Å². The van der Waals surface area contributed by atoms with E-state index < -0.39 is 5.54 Å². The summed E-state index contributed by atoms with van der Waals surface area (Å²) in [6, 6.07) is 0. The van der Waals surface area contributed by atoms with Crippen molar-refractivity contribution in [2.24, 2.45) is 5.92 Å². The number of rotatable bonds is 8. The Bertz CT molecular complexity index is 296. The highest BCUT2D eigenvalue weighted by Gasteiger charge is 2.37. The SMILES string of the molecule is CCCNC(C)(CN1CCCC(CC)C1)C(=O)OCC. The zero-order valence-corrected chi connectivity index (χ0v) is 13.7. The van der Waals surface area contributed by atoms with E-state index in [1.807, 2.05) is 13.8 Å². The fourth-order valence-electron chi connectivity index (χ4n) is 2.96. The zero-order chi connectivity index (χ0) is 15.0. The van der Waals surface area contributed by atoms with Crippen LogP contribution in [0.3, 0.4) is 0 Å². The molecule has 1 aliphatic heterocycles. The number of hydrogen-bond acceptors (Lipinski definition) is 4. The molecule has 0 aromatic heterocycles. The van der Waals surface area contributed by atoms with E-state index in [4.69, 9.17) is 4.74 Å². The molecule has 1 saturated heterocycles. The average molecular weight is 284 g/mol. The summed E-state index contributed by atoms with van der Waals surface area (Å²) in [5, 5.41) is 3.39. The van der Waals surface area contributed by atoms with Crippen LogP contribution in [0.15, 0.2) is 0 Å². The largest absolute Gasteiger partial charge is 0.465 e. The van der Waals surface area contributed by atoms with Gasteiger partial charge in [0.1, 0.15) is 5.54 Å². The number of nitrogens with zero attached hydrogens (tertiary/aromatic N) is 1. The van der Waals surface area contributed by atoms with E-state index in [0.29, 0.717) is 6.61 Å². The summed E-state index contributed by atoms with van der Waals surface area (Å²) in [5.41, 5.74) is -0.582. The molecule has 0 aliphatic carbocycles. The lowest BCUT2D eigenvalue weighted by Crippen LogP contribution is -2.58. The number of ether oxygens (including phenoxy) is 1. The average Bonchev–Trinajstić information content (AvgIpc) is 2.45. The van der Waals surface area contributed by atoms with Crippen LogP contribution in [0, 0.1) is 5.92 Å². The van der Waals surface area contributed by atoms with Crippen molar-refractivity contribution < 1.29 is 9.53 Å². The molecule has 1 heterocycles. The second kappa shape index (κ2) is 8.63. The third-order valence-corrected chi connectivity index (χ3v) is 4.21. The summed E-state index contributed by atoms with van der Waals surface area (Å²) in [6.45, 7) is 12.5. The lowest BCUT2D eigenvalue weighted by Gasteiger charge is -2.38. The molecular formula is C16H32N2O2. The van der Waals surface area contributed by atoms with Gasteiger partial charge >= 0.3 is 5.97 Å². The monoisotopic (exact) mass is 284 g/mol. The molecule has 4 nitrogen and oxygen atoms in total. The van der Waals surface area contributed by atoms with Gasteiger partial charge in [0.2, 0.25) is 0 Å². The molecule has 1 rings (SSSR count). The van der Waals surface area contributed by atoms with Crippen LogP contribution in [-0.4, -0.2) is 49.2 Å². The van der Waals surface area contributed by atoms with Crippen molar-refractivity contribution in [2.45, 2.75) is 58.9 Å². The van der Waals surface area contributed by atoms with Gasteiger partial charge < -0.3 is 15.0 Å². The molecule has 118 valence electrons. The highest BCUT2D eigenvalue weighted by molar-refractivity contribution is 5.80. The van der Waals surface area contributed by atoms with Gasteiger partial charge in [0.15, 0.2) is 0 Å². The van der Waals surface area contributed by atoms with E-state index in [1.165, 1.54) is 19.3 Å². The second-order valence-electron chi connectivity index (χ2n) is 6.13. The first-order chi connectivity index (χ1) is 9.55. The highest BCUT2D eigenvalue weighted by Crippen LogP contribution is 2.21. The Morgan fingerprint density at radius 1 is 1.40 bits per heavy atom. The van der Waals surface area contributed by atoms with Crippen LogP contribution in [-0.2, 0) is 9.53 Å². The Balaban J connectivity index is 2.65. The Morgan fingerprint density at radius 3 is 2.75 bits per heavy atom. The van der Waals surface area contributed by atoms with Crippen molar-refractivity contribution in [3.8, 4) is 0 Å². The molecule has 0 radical (unpaired) electrons. The maximum atomic E-state index is 12.3. The molecule has 0 amide bonds. The zero-order valence-electron chi connectivity index (χ0n) is 13.7. The maximum Gasteiger partial charge on any atom is 0.327 e. The van der Waals surface area contributed by atoms with Gasteiger partial charge in [-0.3, -0.25) is 4.79 Å². The van der Waals surface area contributed by atoms with Crippen molar-refractivity contribution in [2.75, 3.05) is 32.8 Å². The predicted molar refractivity (Wildman–Crippen MR) is 82.8 cm³/mol. The van der Waals surface area contributed by atoms with Gasteiger partial charge in [-0.05, 0) is 52.1 Å². The van der Waals surface area contributed by atoms with E-state index >= 15 is 0 Å². The first-order valence-corrected chi connectivity index (χ1v) is 8.20. The second-order valence-corrected chi connectivity index (χ2v) is 6.13. The topological polar surface area (TPSA) is 41.6 Å². The summed E-state index contributed by atoms with van der Waals surface area (Å²) in [5.74, 6) is 0.661. The highest BCUT2D eigenvalue weighted by atomic mass is 16.5. The van der Waals surface area contributed by atoms with Crippen LogP contribution in [0.1, 0.15) is 53.4 Å². The maximum absolute atomic E-state index is 12.3. The summed E-state index contributed by atoms with van der Waals surface area (Å²) in [7, 11) is 0. The van der Waals surface area contributed by atoms with Crippen molar-refractivity contribution in [3.63, 3.8) is 0 Å². The van der Waals surface area contributed by atoms with Crippen molar-refractivity contribution in [3.05, 3.63) is 0 Å². The number of piperidine rings is 1. The van der Waals surface area contributed by atoms with Crippen molar-refractivity contribution >= 4 is 5.97 Å². The summed E-state index contributed by atoms with van der Waals surface area (Å²) in [6.07, 6.45) is 4.82. The van der Waals surface area contributed by atoms with Crippen molar-refractivity contribution in [1.29, 1.82) is 0 Å². The Morgan fingerprint density at radius 2 is 2.15 bits per heavy atom. The van der Waals surface area contributed by atoms with Crippen LogP contribution in [0.25, 0.3) is 0 Å². The molecule has 0 spiro atoms. The van der Waals surface area contributed by atoms with E-state index in [9.17, 15) is 4.79 Å². The molecule has 0 aromatic rings. The van der Waals surface area contributed by atoms with E-state index in [0.717, 1.165) is 38.5 Å². The molecule has 0 bridgehead atoms. The van der Waals surface area contributed by atoms with Crippen LogP contribution >= 0.6 is 0 Å². The summed E-state index contributed by atoms with van der Waals surface area (Å²) < 4.78 is 5.27. The standard InChI is InChI=1S/C16H32N2O2/c1-5-10-17-16(4,15(19)20-7-3)13-18-11-8-9-14(6-2)12-18/h14,17H,5-13H2,1-4H3. The number of likely N-dealkylation sites (tertiary alicyclic amines) is 1. The summed E-state index contributed by atoms with van der Waals surface area (Å²) >= 11 is 0. The van der Waals surface area contributed by atoms with Crippen LogP contribution < -0.4 is 5.32 Å². The number of carbonyl (C=O) groups excluding carboxylic acids is 1. The Hall–Kier alpha value is -0.610. The molecule has 0 aromatic carbocycles. The summed E-state index contributed by atoms with van der Waals surface area (Å²) in [4.78, 5) is 14.7. The molecule has 1 N–H and O–H groups in total. The predicted octanol–water partition coefficient (Wildman–Crippen LogP) is 2.43. The van der Waals surface area contributed by atoms with E-state index in [2.05, 4.69) is 24.1 Å². The minimum Gasteiger partial charge on any atom is -0.465 e. The fraction of sp³-hybridized carbons (Fsp3) is 0.938. The first-order valence-electron chi connectivity index (χ1n) is 8.20. The Labute approximate surface area is 124 Å². The minimum atomic E-state index is -0.582. The molecule has 0 saturated carbocycles. The van der Waals surface area contributed by atoms with Gasteiger partial charge in [0.25, 0.3) is 0 Å². The number of hydrogen-bond donors (Lipinski definition) is 1. The first kappa shape index (κ1) is 17.4. The van der Waals surface area contributed by atoms with Crippen LogP contribution in [0.2, 0.25) is 0 Å². The fourth-order valence-corrected chi connectivity index (χ4v) is 2.96. The van der Waals surface area contributed by atoms with E-state index in [-0.39, 0.29) is 5.97 Å². The molecular weight excluding hydrogens is 252 g/mol. The molecule has 2 unspecified atom stereocenters. The van der Waals surface area contributed by atoms with Gasteiger partial charge in [-0.15, -0.1) is 0 Å². The lowest BCUT2D eigenvalue weighted by molar-refractivity contribution is -0.151. The minimum absolute atomic E-state index is 0.118. The van der Waals surface area contributed by atoms with Gasteiger partial charge in [-0.25, -0.2) is 0 Å². The molecule has 2 atom stereocenters. The smallest absolute Gasteiger partial charge is 0.327 e. The lowest BCUT2D eigenvalue weighted by atomic mass is 9.93. The normalized spacial score (nSPS) is 23.3. The molecule has 4 heteroatoms. The molecule has 1 fully saturated rings. The number of esters is 1. The van der Waals surface area contributed by atoms with Crippen LogP contribution in [0.5, 0.6) is 0 Å². The number of carbonyl (C=O) groups is 1. The third-order valence-electron chi connectivity index (χ3n) is 4.21. The molecule has 1 aliphatic rings. The van der Waals surface area contributed by atoms with Gasteiger partial charge in [0.05, 0.1) is 6.61 Å². The van der Waals surface area contributed by atoms with Crippen LogP contribution in [0.4, 0.5) is 0 Å². The van der Waals surface area contributed by atoms with Gasteiger partial charge in [-0.1, -0.05) is 20.3 Å². The van der Waals surface area contributed by atoms with Gasteiger partial charge in [0, 0.05) is 13.1 Å². The quantitative estimate of drug-likeness (QED) is 0.695. The van der Waals surface area contributed by atoms with Crippen molar-refractivity contribution in [1.82, 2.24) is 10.2 Å². The Kier molecular flexibility index (Phi) is 7.52. The number of nitrogens with one attached hydrogen (secondary N) is 1.